The van der Waals surface area contributed by atoms with E-state index in [1.807, 2.05) is 0 Å². The molecule has 1 aromatic rings. The molecule has 1 aliphatic carbocycles. The lowest BCUT2D eigenvalue weighted by Crippen LogP contribution is -2.47. The van der Waals surface area contributed by atoms with Crippen LogP contribution >= 0.6 is 0 Å². The first-order valence-electron chi connectivity index (χ1n) is 9.61. The number of ether oxygens (including phenoxy) is 1. The Hall–Kier alpha value is -2.04. The third-order valence-electron chi connectivity index (χ3n) is 4.63. The molecule has 5 heteroatoms. The van der Waals surface area contributed by atoms with Gasteiger partial charge in [-0.05, 0) is 76.5 Å². The van der Waals surface area contributed by atoms with Gasteiger partial charge >= 0.3 is 6.09 Å². The summed E-state index contributed by atoms with van der Waals surface area (Å²) in [5.41, 5.74) is 3.38. The van der Waals surface area contributed by atoms with Gasteiger partial charge in [-0.3, -0.25) is 4.79 Å². The standard InChI is InChI=1S/C21H32N2O3/c1-6-18(17-12-11-15-9-7-8-10-16(15)13-17)23-19(24)14(2)22-20(25)26-21(3,4)5/h11-14,18H,6-10H2,1-5H3,(H,22,25)(H,23,24). The van der Waals surface area contributed by atoms with E-state index in [1.165, 1.54) is 24.0 Å². The lowest BCUT2D eigenvalue weighted by molar-refractivity contribution is -0.123. The van der Waals surface area contributed by atoms with Crippen LogP contribution in [0.15, 0.2) is 18.2 Å². The molecule has 0 spiro atoms. The fraction of sp³-hybridized carbons (Fsp3) is 0.619. The van der Waals surface area contributed by atoms with Crippen molar-refractivity contribution < 1.29 is 14.3 Å². The van der Waals surface area contributed by atoms with Crippen LogP contribution in [0.25, 0.3) is 0 Å². The van der Waals surface area contributed by atoms with Crippen molar-refractivity contribution in [1.82, 2.24) is 10.6 Å². The number of hydrogen-bond donors (Lipinski definition) is 2. The van der Waals surface area contributed by atoms with Gasteiger partial charge in [0.15, 0.2) is 0 Å². The van der Waals surface area contributed by atoms with E-state index in [0.717, 1.165) is 24.8 Å². The molecular weight excluding hydrogens is 328 g/mol. The molecule has 2 unspecified atom stereocenters. The fourth-order valence-corrected chi connectivity index (χ4v) is 3.24. The van der Waals surface area contributed by atoms with E-state index in [0.29, 0.717) is 0 Å². The van der Waals surface area contributed by atoms with Gasteiger partial charge in [0.05, 0.1) is 6.04 Å². The Bertz CT molecular complexity index is 649. The molecule has 1 aromatic carbocycles. The van der Waals surface area contributed by atoms with Crippen molar-refractivity contribution in [2.75, 3.05) is 0 Å². The minimum atomic E-state index is -0.656. The molecule has 0 heterocycles. The van der Waals surface area contributed by atoms with Crippen molar-refractivity contribution in [2.24, 2.45) is 0 Å². The molecule has 5 nitrogen and oxygen atoms in total. The van der Waals surface area contributed by atoms with E-state index >= 15 is 0 Å². The van der Waals surface area contributed by atoms with Crippen LogP contribution in [0.5, 0.6) is 0 Å². The van der Waals surface area contributed by atoms with Gasteiger partial charge in [0.2, 0.25) is 5.91 Å². The SMILES string of the molecule is CCC(NC(=O)C(C)NC(=O)OC(C)(C)C)c1ccc2c(c1)CCCC2. The molecule has 0 saturated carbocycles. The number of nitrogens with one attached hydrogen (secondary N) is 2. The number of aryl methyl sites for hydroxylation is 2. The Labute approximate surface area is 156 Å². The first-order valence-corrected chi connectivity index (χ1v) is 9.61. The molecule has 1 aliphatic rings. The van der Waals surface area contributed by atoms with Gasteiger partial charge in [-0.15, -0.1) is 0 Å². The smallest absolute Gasteiger partial charge is 0.408 e. The molecule has 0 fully saturated rings. The van der Waals surface area contributed by atoms with Crippen LogP contribution in [0.3, 0.4) is 0 Å². The van der Waals surface area contributed by atoms with Crippen molar-refractivity contribution in [3.63, 3.8) is 0 Å². The highest BCUT2D eigenvalue weighted by Crippen LogP contribution is 2.26. The Morgan fingerprint density at radius 2 is 1.77 bits per heavy atom. The topological polar surface area (TPSA) is 67.4 Å². The number of hydrogen-bond acceptors (Lipinski definition) is 3. The Morgan fingerprint density at radius 1 is 1.12 bits per heavy atom. The summed E-state index contributed by atoms with van der Waals surface area (Å²) in [6, 6.07) is 5.83. The Morgan fingerprint density at radius 3 is 2.38 bits per heavy atom. The average Bonchev–Trinajstić information content (AvgIpc) is 2.57. The van der Waals surface area contributed by atoms with Crippen molar-refractivity contribution in [2.45, 2.75) is 84.4 Å². The van der Waals surface area contributed by atoms with Crippen LogP contribution in [0, 0.1) is 0 Å². The van der Waals surface area contributed by atoms with Crippen LogP contribution < -0.4 is 10.6 Å². The molecule has 2 amide bonds. The molecular formula is C21H32N2O3. The predicted octanol–water partition coefficient (Wildman–Crippen LogP) is 4.05. The summed E-state index contributed by atoms with van der Waals surface area (Å²) in [5.74, 6) is -0.208. The van der Waals surface area contributed by atoms with Crippen molar-refractivity contribution in [3.8, 4) is 0 Å². The summed E-state index contributed by atoms with van der Waals surface area (Å²) >= 11 is 0. The fourth-order valence-electron chi connectivity index (χ4n) is 3.24. The zero-order valence-corrected chi connectivity index (χ0v) is 16.6. The van der Waals surface area contributed by atoms with Gasteiger partial charge in [0.25, 0.3) is 0 Å². The number of carbonyl (C=O) groups excluding carboxylic acids is 2. The van der Waals surface area contributed by atoms with Crippen molar-refractivity contribution in [1.29, 1.82) is 0 Å². The van der Waals surface area contributed by atoms with E-state index in [9.17, 15) is 9.59 Å². The maximum absolute atomic E-state index is 12.5. The summed E-state index contributed by atoms with van der Waals surface area (Å²) in [6.45, 7) is 9.09. The van der Waals surface area contributed by atoms with Crippen molar-refractivity contribution in [3.05, 3.63) is 34.9 Å². The second kappa shape index (κ2) is 8.56. The van der Waals surface area contributed by atoms with Crippen molar-refractivity contribution >= 4 is 12.0 Å². The van der Waals surface area contributed by atoms with E-state index in [-0.39, 0.29) is 11.9 Å². The Kier molecular flexibility index (Phi) is 6.68. The highest BCUT2D eigenvalue weighted by Gasteiger charge is 2.23. The average molecular weight is 360 g/mol. The summed E-state index contributed by atoms with van der Waals surface area (Å²) < 4.78 is 5.21. The number of rotatable bonds is 5. The third kappa shape index (κ3) is 5.75. The minimum absolute atomic E-state index is 0.0578. The highest BCUT2D eigenvalue weighted by molar-refractivity contribution is 5.85. The molecule has 2 N–H and O–H groups in total. The zero-order valence-electron chi connectivity index (χ0n) is 16.6. The van der Waals surface area contributed by atoms with Gasteiger partial charge in [0.1, 0.15) is 11.6 Å². The van der Waals surface area contributed by atoms with Crippen LogP contribution in [-0.4, -0.2) is 23.6 Å². The maximum Gasteiger partial charge on any atom is 0.408 e. The molecule has 0 bridgehead atoms. The molecule has 26 heavy (non-hydrogen) atoms. The zero-order chi connectivity index (χ0) is 19.3. The molecule has 2 atom stereocenters. The molecule has 2 rings (SSSR count). The monoisotopic (exact) mass is 360 g/mol. The predicted molar refractivity (Wildman–Crippen MR) is 103 cm³/mol. The summed E-state index contributed by atoms with van der Waals surface area (Å²) in [5, 5.41) is 5.64. The first-order chi connectivity index (χ1) is 12.2. The van der Waals surface area contributed by atoms with Crippen LogP contribution in [0.2, 0.25) is 0 Å². The maximum atomic E-state index is 12.5. The number of carbonyl (C=O) groups is 2. The summed E-state index contributed by atoms with van der Waals surface area (Å²) in [6.07, 6.45) is 4.97. The molecule has 0 aliphatic heterocycles. The summed E-state index contributed by atoms with van der Waals surface area (Å²) in [4.78, 5) is 24.3. The largest absolute Gasteiger partial charge is 0.444 e. The van der Waals surface area contributed by atoms with Crippen LogP contribution in [0.1, 0.15) is 76.6 Å². The highest BCUT2D eigenvalue weighted by atomic mass is 16.6. The number of benzene rings is 1. The van der Waals surface area contributed by atoms with Gasteiger partial charge in [-0.2, -0.15) is 0 Å². The van der Waals surface area contributed by atoms with Crippen LogP contribution in [-0.2, 0) is 22.4 Å². The lowest BCUT2D eigenvalue weighted by atomic mass is 9.88. The summed E-state index contributed by atoms with van der Waals surface area (Å²) in [7, 11) is 0. The second-order valence-electron chi connectivity index (χ2n) is 8.07. The minimum Gasteiger partial charge on any atom is -0.444 e. The molecule has 0 radical (unpaired) electrons. The first kappa shape index (κ1) is 20.3. The quantitative estimate of drug-likeness (QED) is 0.832. The Balaban J connectivity index is 1.98. The van der Waals surface area contributed by atoms with Gasteiger partial charge < -0.3 is 15.4 Å². The molecule has 0 aromatic heterocycles. The number of fused-ring (bicyclic) bond motifs is 1. The normalized spacial score (nSPS) is 16.2. The van der Waals surface area contributed by atoms with E-state index in [2.05, 4.69) is 35.8 Å². The number of amides is 2. The molecule has 144 valence electrons. The third-order valence-corrected chi connectivity index (χ3v) is 4.63. The molecule has 0 saturated heterocycles. The van der Waals surface area contributed by atoms with E-state index < -0.39 is 17.7 Å². The van der Waals surface area contributed by atoms with Crippen LogP contribution in [0.4, 0.5) is 4.79 Å². The van der Waals surface area contributed by atoms with E-state index in [4.69, 9.17) is 4.74 Å². The van der Waals surface area contributed by atoms with Gasteiger partial charge in [0, 0.05) is 0 Å². The second-order valence-corrected chi connectivity index (χ2v) is 8.07. The van der Waals surface area contributed by atoms with Gasteiger partial charge in [-0.25, -0.2) is 4.79 Å². The lowest BCUT2D eigenvalue weighted by Gasteiger charge is -2.24. The number of alkyl carbamates (subject to hydrolysis) is 1. The van der Waals surface area contributed by atoms with Gasteiger partial charge in [-0.1, -0.05) is 25.1 Å². The van der Waals surface area contributed by atoms with E-state index in [1.54, 1.807) is 27.7 Å².